The van der Waals surface area contributed by atoms with Crippen molar-refractivity contribution in [3.8, 4) is 0 Å². The number of rotatable bonds is 0. The van der Waals surface area contributed by atoms with Crippen molar-refractivity contribution in [1.82, 2.24) is 19.7 Å². The summed E-state index contributed by atoms with van der Waals surface area (Å²) < 4.78 is 2.23. The lowest BCUT2D eigenvalue weighted by Crippen LogP contribution is -2.22. The van der Waals surface area contributed by atoms with Gasteiger partial charge in [0, 0.05) is 13.1 Å². The second-order valence-corrected chi connectivity index (χ2v) is 3.77. The Morgan fingerprint density at radius 3 is 2.85 bits per heavy atom. The zero-order valence-corrected chi connectivity index (χ0v) is 8.49. The van der Waals surface area contributed by atoms with Crippen LogP contribution >= 0.6 is 0 Å². The van der Waals surface area contributed by atoms with Gasteiger partial charge in [-0.05, 0) is 27.3 Å². The molecule has 72 valence electrons. The zero-order chi connectivity index (χ0) is 9.42. The molecular weight excluding hydrogens is 164 g/mol. The van der Waals surface area contributed by atoms with E-state index in [1.165, 1.54) is 6.42 Å². The minimum atomic E-state index is 0.392. The van der Waals surface area contributed by atoms with Crippen LogP contribution < -0.4 is 0 Å². The molecule has 1 aliphatic heterocycles. The van der Waals surface area contributed by atoms with Gasteiger partial charge < -0.3 is 4.57 Å². The summed E-state index contributed by atoms with van der Waals surface area (Å²) in [6.07, 6.45) is 1.19. The first-order chi connectivity index (χ1) is 6.20. The van der Waals surface area contributed by atoms with Gasteiger partial charge in [0.05, 0.1) is 6.04 Å². The molecule has 2 rings (SSSR count). The molecule has 0 spiro atoms. The van der Waals surface area contributed by atoms with E-state index in [2.05, 4.69) is 33.6 Å². The molecule has 1 atom stereocenters. The molecule has 0 saturated carbocycles. The van der Waals surface area contributed by atoms with E-state index in [-0.39, 0.29) is 0 Å². The summed E-state index contributed by atoms with van der Waals surface area (Å²) in [6.45, 7) is 6.41. The van der Waals surface area contributed by atoms with Crippen LogP contribution in [0.3, 0.4) is 0 Å². The normalized spacial score (nSPS) is 24.1. The monoisotopic (exact) mass is 180 g/mol. The summed E-state index contributed by atoms with van der Waals surface area (Å²) in [5.74, 6) is 2.15. The van der Waals surface area contributed by atoms with Crippen LogP contribution in [0.4, 0.5) is 0 Å². The van der Waals surface area contributed by atoms with Crippen molar-refractivity contribution in [2.24, 2.45) is 0 Å². The highest BCUT2D eigenvalue weighted by Crippen LogP contribution is 2.21. The van der Waals surface area contributed by atoms with E-state index < -0.39 is 0 Å². The van der Waals surface area contributed by atoms with E-state index in [0.29, 0.717) is 6.04 Å². The van der Waals surface area contributed by atoms with E-state index in [0.717, 1.165) is 24.7 Å². The fourth-order valence-corrected chi connectivity index (χ4v) is 1.85. The summed E-state index contributed by atoms with van der Waals surface area (Å²) in [6, 6.07) is 0.392. The molecule has 0 bridgehead atoms. The van der Waals surface area contributed by atoms with Crippen molar-refractivity contribution >= 4 is 0 Å². The molecule has 1 unspecified atom stereocenters. The van der Waals surface area contributed by atoms with E-state index in [4.69, 9.17) is 0 Å². The number of fused-ring (bicyclic) bond motifs is 1. The third-order valence-electron chi connectivity index (χ3n) is 2.89. The first kappa shape index (κ1) is 8.69. The Morgan fingerprint density at radius 1 is 1.31 bits per heavy atom. The Bertz CT molecular complexity index is 305. The maximum atomic E-state index is 4.22. The third-order valence-corrected chi connectivity index (χ3v) is 2.89. The van der Waals surface area contributed by atoms with Crippen LogP contribution in [0.5, 0.6) is 0 Å². The van der Waals surface area contributed by atoms with Crippen LogP contribution in [-0.2, 0) is 6.54 Å². The fourth-order valence-electron chi connectivity index (χ4n) is 1.85. The molecule has 0 N–H and O–H groups in total. The summed E-state index contributed by atoms with van der Waals surface area (Å²) in [5.41, 5.74) is 0. The smallest absolute Gasteiger partial charge is 0.150 e. The molecule has 0 saturated heterocycles. The molecule has 4 nitrogen and oxygen atoms in total. The molecule has 0 fully saturated rings. The summed E-state index contributed by atoms with van der Waals surface area (Å²) >= 11 is 0. The van der Waals surface area contributed by atoms with Gasteiger partial charge in [-0.1, -0.05) is 0 Å². The largest absolute Gasteiger partial charge is 0.314 e. The van der Waals surface area contributed by atoms with Crippen molar-refractivity contribution in [3.05, 3.63) is 11.6 Å². The van der Waals surface area contributed by atoms with Crippen LogP contribution in [0, 0.1) is 6.92 Å². The number of aryl methyl sites for hydroxylation is 1. The SMILES string of the molecule is Cc1nnc2n1CCCN(C)C2C. The Kier molecular flexibility index (Phi) is 2.07. The van der Waals surface area contributed by atoms with Crippen molar-refractivity contribution < 1.29 is 0 Å². The van der Waals surface area contributed by atoms with Gasteiger partial charge in [0.1, 0.15) is 11.6 Å². The van der Waals surface area contributed by atoms with Gasteiger partial charge >= 0.3 is 0 Å². The van der Waals surface area contributed by atoms with Gasteiger partial charge in [-0.25, -0.2) is 0 Å². The summed E-state index contributed by atoms with van der Waals surface area (Å²) in [5, 5.41) is 8.33. The molecular formula is C9H16N4. The summed E-state index contributed by atoms with van der Waals surface area (Å²) in [4.78, 5) is 2.33. The first-order valence-electron chi connectivity index (χ1n) is 4.80. The zero-order valence-electron chi connectivity index (χ0n) is 8.49. The van der Waals surface area contributed by atoms with E-state index in [1.807, 2.05) is 6.92 Å². The van der Waals surface area contributed by atoms with Crippen molar-refractivity contribution in [1.29, 1.82) is 0 Å². The molecule has 0 aromatic carbocycles. The Labute approximate surface area is 78.6 Å². The lowest BCUT2D eigenvalue weighted by Gasteiger charge is -2.19. The molecule has 13 heavy (non-hydrogen) atoms. The highest BCUT2D eigenvalue weighted by atomic mass is 15.3. The Morgan fingerprint density at radius 2 is 2.08 bits per heavy atom. The van der Waals surface area contributed by atoms with Crippen LogP contribution in [0.25, 0.3) is 0 Å². The lowest BCUT2D eigenvalue weighted by atomic mass is 10.3. The number of aromatic nitrogens is 3. The minimum absolute atomic E-state index is 0.392. The van der Waals surface area contributed by atoms with Gasteiger partial charge in [-0.2, -0.15) is 0 Å². The molecule has 0 amide bonds. The minimum Gasteiger partial charge on any atom is -0.314 e. The average Bonchev–Trinajstić information content (AvgIpc) is 2.40. The maximum Gasteiger partial charge on any atom is 0.150 e. The van der Waals surface area contributed by atoms with Gasteiger partial charge in [-0.15, -0.1) is 10.2 Å². The second-order valence-electron chi connectivity index (χ2n) is 3.77. The predicted molar refractivity (Wildman–Crippen MR) is 50.4 cm³/mol. The molecule has 1 aliphatic rings. The third kappa shape index (κ3) is 1.35. The number of hydrogen-bond acceptors (Lipinski definition) is 3. The van der Waals surface area contributed by atoms with Crippen LogP contribution in [0.15, 0.2) is 0 Å². The van der Waals surface area contributed by atoms with Crippen LogP contribution in [0.1, 0.15) is 31.0 Å². The molecule has 2 heterocycles. The van der Waals surface area contributed by atoms with Gasteiger partial charge in [0.15, 0.2) is 0 Å². The predicted octanol–water partition coefficient (Wildman–Crippen LogP) is 0.983. The van der Waals surface area contributed by atoms with Gasteiger partial charge in [0.2, 0.25) is 0 Å². The molecule has 0 aliphatic carbocycles. The second kappa shape index (κ2) is 3.10. The quantitative estimate of drug-likeness (QED) is 0.597. The molecule has 0 radical (unpaired) electrons. The Hall–Kier alpha value is -0.900. The fraction of sp³-hybridized carbons (Fsp3) is 0.778. The summed E-state index contributed by atoms with van der Waals surface area (Å²) in [7, 11) is 2.14. The standard InChI is InChI=1S/C9H16N4/c1-7-9-11-10-8(2)13(9)6-4-5-12(7)3/h7H,4-6H2,1-3H3. The van der Waals surface area contributed by atoms with Gasteiger partial charge in [0.25, 0.3) is 0 Å². The average molecular weight is 180 g/mol. The highest BCUT2D eigenvalue weighted by Gasteiger charge is 2.22. The number of nitrogens with zero attached hydrogens (tertiary/aromatic N) is 4. The van der Waals surface area contributed by atoms with Gasteiger partial charge in [-0.3, -0.25) is 4.90 Å². The van der Waals surface area contributed by atoms with Crippen LogP contribution in [-0.4, -0.2) is 33.3 Å². The Balaban J connectivity index is 2.41. The first-order valence-corrected chi connectivity index (χ1v) is 4.80. The van der Waals surface area contributed by atoms with E-state index in [9.17, 15) is 0 Å². The van der Waals surface area contributed by atoms with Crippen LogP contribution in [0.2, 0.25) is 0 Å². The molecule has 1 aromatic rings. The topological polar surface area (TPSA) is 34.0 Å². The maximum absolute atomic E-state index is 4.22. The van der Waals surface area contributed by atoms with E-state index in [1.54, 1.807) is 0 Å². The van der Waals surface area contributed by atoms with Crippen molar-refractivity contribution in [3.63, 3.8) is 0 Å². The molecule has 1 aromatic heterocycles. The molecule has 4 heteroatoms. The van der Waals surface area contributed by atoms with E-state index >= 15 is 0 Å². The van der Waals surface area contributed by atoms with Crippen molar-refractivity contribution in [2.45, 2.75) is 32.9 Å². The van der Waals surface area contributed by atoms with Crippen molar-refractivity contribution in [2.75, 3.05) is 13.6 Å². The lowest BCUT2D eigenvalue weighted by molar-refractivity contribution is 0.262. The number of hydrogen-bond donors (Lipinski definition) is 0. The highest BCUT2D eigenvalue weighted by molar-refractivity contribution is 5.00.